The van der Waals surface area contributed by atoms with Crippen LogP contribution >= 0.6 is 0 Å². The van der Waals surface area contributed by atoms with Gasteiger partial charge in [-0.05, 0) is 12.1 Å². The van der Waals surface area contributed by atoms with Gasteiger partial charge in [0.25, 0.3) is 0 Å². The Labute approximate surface area is 123 Å². The highest BCUT2D eigenvalue weighted by atomic mass is 16.5. The van der Waals surface area contributed by atoms with E-state index in [1.54, 1.807) is 32.3 Å². The van der Waals surface area contributed by atoms with E-state index in [0.717, 1.165) is 0 Å². The third-order valence-corrected chi connectivity index (χ3v) is 3.05. The van der Waals surface area contributed by atoms with Gasteiger partial charge in [0.1, 0.15) is 17.5 Å². The molecule has 0 radical (unpaired) electrons. The second kappa shape index (κ2) is 7.49. The van der Waals surface area contributed by atoms with Crippen molar-refractivity contribution in [2.24, 2.45) is 0 Å². The number of methoxy groups -OCH3 is 2. The lowest BCUT2D eigenvalue weighted by Gasteiger charge is -2.21. The number of rotatable bonds is 7. The van der Waals surface area contributed by atoms with Gasteiger partial charge in [0, 0.05) is 6.07 Å². The summed E-state index contributed by atoms with van der Waals surface area (Å²) < 4.78 is 10.2. The molecule has 1 aromatic carbocycles. The summed E-state index contributed by atoms with van der Waals surface area (Å²) in [5.74, 6) is -0.652. The molecule has 0 saturated carbocycles. The number of carboxylic acids is 1. The van der Waals surface area contributed by atoms with E-state index >= 15 is 0 Å². The first-order valence-corrected chi connectivity index (χ1v) is 6.41. The second-order valence-electron chi connectivity index (χ2n) is 4.77. The van der Waals surface area contributed by atoms with Crippen LogP contribution < -0.4 is 24.8 Å². The summed E-state index contributed by atoms with van der Waals surface area (Å²) in [5.41, 5.74) is 0.453. The Morgan fingerprint density at radius 3 is 2.43 bits per heavy atom. The Kier molecular flexibility index (Phi) is 5.98. The molecular weight excluding hydrogens is 276 g/mol. The molecule has 7 nitrogen and oxygen atoms in total. The van der Waals surface area contributed by atoms with Crippen LogP contribution in [0.2, 0.25) is 0 Å². The molecule has 0 unspecified atom stereocenters. The average Bonchev–Trinajstić information content (AvgIpc) is 2.44. The summed E-state index contributed by atoms with van der Waals surface area (Å²) in [6, 6.07) is 4.02. The monoisotopic (exact) mass is 296 g/mol. The number of quaternary nitrogens is 1. The van der Waals surface area contributed by atoms with Gasteiger partial charge in [0.15, 0.2) is 0 Å². The summed E-state index contributed by atoms with van der Waals surface area (Å²) >= 11 is 0. The number of likely N-dealkylation sites (N-methyl/N-ethyl adjacent to an activating group) is 1. The van der Waals surface area contributed by atoms with Crippen LogP contribution in [0.15, 0.2) is 18.2 Å². The maximum Gasteiger partial charge on any atom is 0.230 e. The molecule has 116 valence electrons. The van der Waals surface area contributed by atoms with Crippen LogP contribution in [-0.2, 0) is 9.59 Å². The van der Waals surface area contributed by atoms with Gasteiger partial charge in [-0.15, -0.1) is 0 Å². The first-order valence-electron chi connectivity index (χ1n) is 6.41. The van der Waals surface area contributed by atoms with Gasteiger partial charge in [0.05, 0.1) is 46.4 Å². The SMILES string of the molecule is COc1ccc(NC(=O)C[C@@H](C(=O)[O-])[NH+](C)C)c(OC)c1. The first-order chi connectivity index (χ1) is 9.88. The van der Waals surface area contributed by atoms with Crippen molar-refractivity contribution in [1.82, 2.24) is 0 Å². The molecule has 0 aromatic heterocycles. The van der Waals surface area contributed by atoms with E-state index in [4.69, 9.17) is 9.47 Å². The van der Waals surface area contributed by atoms with Gasteiger partial charge < -0.3 is 29.6 Å². The zero-order chi connectivity index (χ0) is 16.0. The van der Waals surface area contributed by atoms with Gasteiger partial charge in [-0.2, -0.15) is 0 Å². The third kappa shape index (κ3) is 4.64. The van der Waals surface area contributed by atoms with Crippen LogP contribution in [0.4, 0.5) is 5.69 Å². The van der Waals surface area contributed by atoms with Crippen molar-refractivity contribution in [3.63, 3.8) is 0 Å². The van der Waals surface area contributed by atoms with E-state index in [1.807, 2.05) is 0 Å². The van der Waals surface area contributed by atoms with Crippen LogP contribution in [0, 0.1) is 0 Å². The van der Waals surface area contributed by atoms with E-state index in [9.17, 15) is 14.7 Å². The van der Waals surface area contributed by atoms with Crippen molar-refractivity contribution in [2.45, 2.75) is 12.5 Å². The normalized spacial score (nSPS) is 11.9. The van der Waals surface area contributed by atoms with Gasteiger partial charge >= 0.3 is 0 Å². The largest absolute Gasteiger partial charge is 0.544 e. The quantitative estimate of drug-likeness (QED) is 0.625. The standard InChI is InChI=1S/C14H20N2O5/c1-16(2)11(14(18)19)8-13(17)15-10-6-5-9(20-3)7-12(10)21-4/h5-7,11H,8H2,1-4H3,(H,15,17)(H,18,19)/t11-/m0/s1. The molecule has 1 rings (SSSR count). The fraction of sp³-hybridized carbons (Fsp3) is 0.429. The van der Waals surface area contributed by atoms with E-state index in [1.165, 1.54) is 14.2 Å². The van der Waals surface area contributed by atoms with Crippen molar-refractivity contribution in [3.05, 3.63) is 18.2 Å². The molecule has 21 heavy (non-hydrogen) atoms. The molecule has 0 bridgehead atoms. The first kappa shape index (κ1) is 16.8. The summed E-state index contributed by atoms with van der Waals surface area (Å²) in [7, 11) is 6.30. The average molecular weight is 296 g/mol. The molecule has 1 aromatic rings. The number of nitrogens with one attached hydrogen (secondary N) is 2. The Morgan fingerprint density at radius 1 is 1.29 bits per heavy atom. The number of aliphatic carboxylic acids is 1. The lowest BCUT2D eigenvalue weighted by Crippen LogP contribution is -3.12. The van der Waals surface area contributed by atoms with Crippen molar-refractivity contribution < 1.29 is 29.1 Å². The van der Waals surface area contributed by atoms with E-state index in [-0.39, 0.29) is 6.42 Å². The number of hydrogen-bond donors (Lipinski definition) is 2. The number of anilines is 1. The highest BCUT2D eigenvalue weighted by Crippen LogP contribution is 2.29. The summed E-state index contributed by atoms with van der Waals surface area (Å²) in [5, 5.41) is 13.6. The van der Waals surface area contributed by atoms with Crippen LogP contribution in [0.25, 0.3) is 0 Å². The molecule has 0 aliphatic carbocycles. The van der Waals surface area contributed by atoms with Gasteiger partial charge in [0.2, 0.25) is 5.91 Å². The topological polar surface area (TPSA) is 92.1 Å². The fourth-order valence-electron chi connectivity index (χ4n) is 1.81. The Balaban J connectivity index is 2.81. The van der Waals surface area contributed by atoms with Crippen molar-refractivity contribution >= 4 is 17.6 Å². The van der Waals surface area contributed by atoms with Crippen molar-refractivity contribution in [3.8, 4) is 11.5 Å². The van der Waals surface area contributed by atoms with Crippen molar-refractivity contribution in [2.75, 3.05) is 33.6 Å². The van der Waals surface area contributed by atoms with E-state index < -0.39 is 17.9 Å². The number of carbonyl (C=O) groups excluding carboxylic acids is 2. The fourth-order valence-corrected chi connectivity index (χ4v) is 1.81. The van der Waals surface area contributed by atoms with E-state index in [2.05, 4.69) is 5.32 Å². The predicted octanol–water partition coefficient (Wildman–Crippen LogP) is -1.70. The summed E-state index contributed by atoms with van der Waals surface area (Å²) in [6.07, 6.45) is -0.181. The minimum atomic E-state index is -1.26. The number of carboxylic acid groups (broad SMARTS) is 1. The Bertz CT molecular complexity index is 516. The minimum Gasteiger partial charge on any atom is -0.544 e. The lowest BCUT2D eigenvalue weighted by molar-refractivity contribution is -0.878. The highest BCUT2D eigenvalue weighted by molar-refractivity contribution is 5.94. The predicted molar refractivity (Wildman–Crippen MR) is 74.4 cm³/mol. The molecule has 0 aliphatic heterocycles. The number of hydrogen-bond acceptors (Lipinski definition) is 5. The summed E-state index contributed by atoms with van der Waals surface area (Å²) in [4.78, 5) is 23.6. The maximum atomic E-state index is 12.0. The molecule has 1 atom stereocenters. The zero-order valence-electron chi connectivity index (χ0n) is 12.6. The highest BCUT2D eigenvalue weighted by Gasteiger charge is 2.21. The number of amides is 1. The molecule has 2 N–H and O–H groups in total. The van der Waals surface area contributed by atoms with Crippen molar-refractivity contribution in [1.29, 1.82) is 0 Å². The molecule has 7 heteroatoms. The van der Waals surface area contributed by atoms with Crippen LogP contribution in [0.5, 0.6) is 11.5 Å². The minimum absolute atomic E-state index is 0.181. The van der Waals surface area contributed by atoms with Crippen LogP contribution in [0.1, 0.15) is 6.42 Å². The number of carbonyl (C=O) groups is 2. The maximum absolute atomic E-state index is 12.0. The molecule has 0 spiro atoms. The zero-order valence-corrected chi connectivity index (χ0v) is 12.6. The second-order valence-corrected chi connectivity index (χ2v) is 4.77. The number of ether oxygens (including phenoxy) is 2. The van der Waals surface area contributed by atoms with Gasteiger partial charge in [-0.1, -0.05) is 0 Å². The molecule has 0 fully saturated rings. The van der Waals surface area contributed by atoms with Crippen LogP contribution in [-0.4, -0.2) is 46.2 Å². The third-order valence-electron chi connectivity index (χ3n) is 3.05. The Morgan fingerprint density at radius 2 is 1.95 bits per heavy atom. The summed E-state index contributed by atoms with van der Waals surface area (Å²) in [6.45, 7) is 0. The van der Waals surface area contributed by atoms with Crippen LogP contribution in [0.3, 0.4) is 0 Å². The van der Waals surface area contributed by atoms with E-state index in [0.29, 0.717) is 22.1 Å². The molecular formula is C14H20N2O5. The number of benzene rings is 1. The van der Waals surface area contributed by atoms with Gasteiger partial charge in [-0.25, -0.2) is 0 Å². The molecule has 0 saturated heterocycles. The van der Waals surface area contributed by atoms with Gasteiger partial charge in [-0.3, -0.25) is 4.79 Å². The molecule has 1 amide bonds. The molecule has 0 heterocycles. The lowest BCUT2D eigenvalue weighted by atomic mass is 10.1. The smallest absolute Gasteiger partial charge is 0.230 e. The molecule has 0 aliphatic rings. The Hall–Kier alpha value is -2.28.